The maximum atomic E-state index is 15.4. The number of carboxylic acids is 3. The zero-order chi connectivity index (χ0) is 97.9. The molecule has 4 N–H and O–H groups in total. The van der Waals surface area contributed by atoms with Gasteiger partial charge in [-0.05, 0) is 197 Å². The van der Waals surface area contributed by atoms with Gasteiger partial charge in [0.2, 0.25) is 47.8 Å². The van der Waals surface area contributed by atoms with Crippen molar-refractivity contribution in [3.63, 3.8) is 0 Å². The Balaban J connectivity index is 0.000000171. The van der Waals surface area contributed by atoms with Gasteiger partial charge in [-0.25, -0.2) is 101 Å². The number of halogens is 14. The standard InChI is InChI=1S/C32H31F5N2O5S.C32H32F4N2O6S.C31H29F5N2O6S/c1-18-26(34)28(36)29(37)30(27(18)35)45(43,44)39-15-5-8-25(39)31(40)38(24-14-13-22(32(41)42)16-23(24)33)17-19-9-11-21(12-10-19)20-6-3-2-4-7-20;1-18-26(33)28(35)29(36)30(27(18)34)45(43,44)38-15-5-8-24(38)31(40)37(22-13-14-23(32(41)42)25(39)16-22)17-19-9-11-21(12-10-19)20-6-3-2-4-7-20;1-17-25(33)27(35)28(36)29(26(17)34)45(42,43)38-12-2-3-24(38)30(39)37(23-9-8-21(31(40)41)15-22(23)32)16-18-4-6-19(7-5-18)20-10-13-44-14-11-20/h9-14,16,20,25H,2-8,15,17H2,1H3,(H,41,42);9-14,16,20,24,39H,2-8,15,17H2,1H3,(H,41,42);4-9,15,20,24H,2-3,10-14,16H2,1H3,(H,40,41)/t25-;2*24-/m111/s1. The molecule has 3 amide bonds. The number of nitrogens with zero attached hydrogens (tertiary/aromatic N) is 6. The van der Waals surface area contributed by atoms with E-state index in [1.165, 1.54) is 18.9 Å². The lowest BCUT2D eigenvalue weighted by Gasteiger charge is -2.31. The van der Waals surface area contributed by atoms with Crippen molar-refractivity contribution in [1.82, 2.24) is 12.9 Å². The fraction of sp³-hybridized carbons (Fsp3) is 0.368. The molecule has 4 saturated heterocycles. The molecule has 0 unspecified atom stereocenters. The third kappa shape index (κ3) is 20.9. The Morgan fingerprint density at radius 1 is 0.341 bits per heavy atom. The van der Waals surface area contributed by atoms with E-state index in [-0.39, 0.29) is 106 Å². The Bertz CT molecular complexity index is 6110. The van der Waals surface area contributed by atoms with Crippen molar-refractivity contribution in [3.8, 4) is 5.75 Å². The molecule has 15 rings (SSSR count). The van der Waals surface area contributed by atoms with E-state index in [0.29, 0.717) is 60.7 Å². The third-order valence-corrected chi connectivity index (χ3v) is 31.4. The number of phenols is 1. The summed E-state index contributed by atoms with van der Waals surface area (Å²) in [5, 5.41) is 38.3. The second-order valence-electron chi connectivity index (χ2n) is 34.0. The Kier molecular flexibility index (Phi) is 31.3. The van der Waals surface area contributed by atoms with Crippen molar-refractivity contribution in [3.05, 3.63) is 276 Å². The molecule has 9 aromatic carbocycles. The van der Waals surface area contributed by atoms with Crippen molar-refractivity contribution in [2.75, 3.05) is 47.5 Å². The minimum absolute atomic E-state index is 0.0455. The highest BCUT2D eigenvalue weighted by molar-refractivity contribution is 7.89. The zero-order valence-electron chi connectivity index (χ0n) is 72.8. The van der Waals surface area contributed by atoms with Gasteiger partial charge < -0.3 is 39.9 Å². The number of sulfonamides is 3. The maximum Gasteiger partial charge on any atom is 0.339 e. The van der Waals surface area contributed by atoms with Gasteiger partial charge in [-0.3, -0.25) is 14.4 Å². The number of rotatable bonds is 24. The first kappa shape index (κ1) is 101. The van der Waals surface area contributed by atoms with Crippen LogP contribution < -0.4 is 14.7 Å². The molecule has 4 aliphatic heterocycles. The maximum absolute atomic E-state index is 15.4. The predicted octanol–water partition coefficient (Wildman–Crippen LogP) is 18.9. The fourth-order valence-corrected chi connectivity index (χ4v) is 23.6. The van der Waals surface area contributed by atoms with E-state index in [4.69, 9.17) is 4.74 Å². The van der Waals surface area contributed by atoms with Gasteiger partial charge in [0.15, 0.2) is 84.5 Å². The van der Waals surface area contributed by atoms with Gasteiger partial charge in [-0.1, -0.05) is 111 Å². The van der Waals surface area contributed by atoms with E-state index in [1.54, 1.807) is 24.3 Å². The summed E-state index contributed by atoms with van der Waals surface area (Å²) in [4.78, 5) is 74.5. The Morgan fingerprint density at radius 3 is 0.941 bits per heavy atom. The molecule has 0 aromatic heterocycles. The summed E-state index contributed by atoms with van der Waals surface area (Å²) in [6, 6.07) is 26.6. The van der Waals surface area contributed by atoms with Crippen LogP contribution in [0.25, 0.3) is 0 Å². The molecule has 40 heteroatoms. The molecule has 0 bridgehead atoms. The van der Waals surface area contributed by atoms with Crippen LogP contribution in [0.3, 0.4) is 0 Å². The van der Waals surface area contributed by atoms with E-state index in [1.807, 2.05) is 48.5 Å². The second kappa shape index (κ2) is 41.9. The van der Waals surface area contributed by atoms with Crippen molar-refractivity contribution in [2.24, 2.45) is 0 Å². The predicted molar refractivity (Wildman–Crippen MR) is 463 cm³/mol. The van der Waals surface area contributed by atoms with Crippen LogP contribution in [0.5, 0.6) is 5.75 Å². The summed E-state index contributed by atoms with van der Waals surface area (Å²) in [5.74, 6) is -33.0. The van der Waals surface area contributed by atoms with Crippen molar-refractivity contribution in [1.29, 1.82) is 0 Å². The van der Waals surface area contributed by atoms with Gasteiger partial charge in [-0.2, -0.15) is 12.9 Å². The lowest BCUT2D eigenvalue weighted by atomic mass is 9.84. The first-order chi connectivity index (χ1) is 64.0. The molecule has 9 aromatic rings. The van der Waals surface area contributed by atoms with Crippen LogP contribution in [0.1, 0.15) is 214 Å². The number of hydrogen-bond donors (Lipinski definition) is 4. The first-order valence-electron chi connectivity index (χ1n) is 43.4. The number of ether oxygens (including phenoxy) is 1. The molecule has 6 aliphatic rings. The van der Waals surface area contributed by atoms with E-state index >= 15 is 8.78 Å². The van der Waals surface area contributed by atoms with Crippen LogP contribution in [0.15, 0.2) is 142 Å². The number of aromatic carboxylic acids is 3. The third-order valence-electron chi connectivity index (χ3n) is 25.6. The molecule has 135 heavy (non-hydrogen) atoms. The van der Waals surface area contributed by atoms with Crippen molar-refractivity contribution < 1.29 is 141 Å². The number of benzene rings is 9. The van der Waals surface area contributed by atoms with Crippen LogP contribution >= 0.6 is 0 Å². The fourth-order valence-electron chi connectivity index (χ4n) is 18.1. The van der Waals surface area contributed by atoms with Crippen LogP contribution in [0.2, 0.25) is 0 Å². The Labute approximate surface area is 767 Å². The molecule has 0 spiro atoms. The van der Waals surface area contributed by atoms with Crippen LogP contribution in [0.4, 0.5) is 78.5 Å². The number of aromatic hydroxyl groups is 1. The normalized spacial score (nSPS) is 17.9. The molecular formula is C95H92F14N6O17S3. The average molecular weight is 1950 g/mol. The van der Waals surface area contributed by atoms with E-state index in [9.17, 15) is 127 Å². The number of anilines is 3. The summed E-state index contributed by atoms with van der Waals surface area (Å²) in [5.41, 5.74) is 0.0575. The summed E-state index contributed by atoms with van der Waals surface area (Å²) >= 11 is 0. The van der Waals surface area contributed by atoms with Crippen LogP contribution in [-0.2, 0) is 68.8 Å². The second-order valence-corrected chi connectivity index (χ2v) is 39.4. The van der Waals surface area contributed by atoms with Crippen molar-refractivity contribution in [2.45, 2.75) is 207 Å². The number of carbonyl (C=O) groups is 6. The van der Waals surface area contributed by atoms with Gasteiger partial charge in [0.1, 0.15) is 41.1 Å². The number of hydrogen-bond acceptors (Lipinski definition) is 14. The lowest BCUT2D eigenvalue weighted by molar-refractivity contribution is -0.122. The number of carbonyl (C=O) groups excluding carboxylic acids is 3. The zero-order valence-corrected chi connectivity index (χ0v) is 75.2. The monoisotopic (exact) mass is 1950 g/mol. The van der Waals surface area contributed by atoms with E-state index < -0.39 is 214 Å². The summed E-state index contributed by atoms with van der Waals surface area (Å²) in [6.45, 7) is 1.80. The average Bonchev–Trinajstić information content (AvgIpc) is 1.74. The van der Waals surface area contributed by atoms with Gasteiger partial charge in [0, 0.05) is 61.3 Å². The minimum Gasteiger partial charge on any atom is -0.507 e. The summed E-state index contributed by atoms with van der Waals surface area (Å²) in [6.07, 6.45) is 12.8. The Hall–Kier alpha value is -11.7. The van der Waals surface area contributed by atoms with Crippen LogP contribution in [-0.4, -0.2) is 145 Å². The van der Waals surface area contributed by atoms with Crippen molar-refractivity contribution >= 4 is 82.8 Å². The molecule has 2 aliphatic carbocycles. The highest BCUT2D eigenvalue weighted by atomic mass is 32.2. The minimum atomic E-state index is -5.24. The molecule has 0 radical (unpaired) electrons. The van der Waals surface area contributed by atoms with Gasteiger partial charge in [-0.15, -0.1) is 0 Å². The lowest BCUT2D eigenvalue weighted by Crippen LogP contribution is -2.48. The Morgan fingerprint density at radius 2 is 0.644 bits per heavy atom. The first-order valence-corrected chi connectivity index (χ1v) is 47.7. The van der Waals surface area contributed by atoms with Gasteiger partial charge >= 0.3 is 17.9 Å². The molecule has 4 heterocycles. The van der Waals surface area contributed by atoms with E-state index in [0.717, 1.165) is 159 Å². The van der Waals surface area contributed by atoms with Gasteiger partial charge in [0.05, 0.1) is 42.1 Å². The summed E-state index contributed by atoms with van der Waals surface area (Å²) < 4.78 is 293. The topological polar surface area (TPSA) is 314 Å². The molecule has 720 valence electrons. The quantitative estimate of drug-likeness (QED) is 0.0248. The highest BCUT2D eigenvalue weighted by Gasteiger charge is 2.50. The number of carboxylic acid groups (broad SMARTS) is 3. The number of amides is 3. The molecule has 6 fully saturated rings. The smallest absolute Gasteiger partial charge is 0.339 e. The molecule has 3 atom stereocenters. The van der Waals surface area contributed by atoms with Crippen LogP contribution in [0, 0.1) is 102 Å². The molecular weight excluding hydrogens is 1860 g/mol. The SMILES string of the molecule is Cc1c(F)c(F)c(F)c(S(=O)(=O)N2CCC[C@@H]2C(=O)N(Cc2ccc(C3CCCCC3)cc2)c2ccc(C(=O)O)c(O)c2)c1F.Cc1c(F)c(F)c(F)c(S(=O)(=O)N2CCC[C@@H]2C(=O)N(Cc2ccc(C3CCCCC3)cc2)c2ccc(C(=O)O)cc2F)c1F.Cc1c(F)c(F)c(F)c(S(=O)(=O)N2CCC[C@@H]2C(=O)N(Cc2ccc(C3CCOCC3)cc2)c2ccc(C(=O)O)cc2F)c1F. The summed E-state index contributed by atoms with van der Waals surface area (Å²) in [7, 11) is -15.7. The van der Waals surface area contributed by atoms with E-state index in [2.05, 4.69) is 0 Å². The molecule has 2 saturated carbocycles. The largest absolute Gasteiger partial charge is 0.507 e. The molecule has 23 nitrogen and oxygen atoms in total. The highest BCUT2D eigenvalue weighted by Crippen LogP contribution is 2.43. The van der Waals surface area contributed by atoms with Gasteiger partial charge in [0.25, 0.3) is 0 Å².